The highest BCUT2D eigenvalue weighted by Crippen LogP contribution is 2.24. The van der Waals surface area contributed by atoms with Gasteiger partial charge in [-0.05, 0) is 32.1 Å². The number of rotatable bonds is 10. The van der Waals surface area contributed by atoms with E-state index in [9.17, 15) is 25.2 Å². The first-order valence-corrected chi connectivity index (χ1v) is 10.7. The van der Waals surface area contributed by atoms with Gasteiger partial charge in [0.25, 0.3) is 0 Å². The van der Waals surface area contributed by atoms with E-state index in [1.807, 2.05) is 0 Å². The van der Waals surface area contributed by atoms with Crippen molar-refractivity contribution in [1.29, 1.82) is 0 Å². The van der Waals surface area contributed by atoms with Crippen LogP contribution in [0.2, 0.25) is 0 Å². The van der Waals surface area contributed by atoms with Crippen LogP contribution in [0, 0.1) is 0 Å². The van der Waals surface area contributed by atoms with Gasteiger partial charge < -0.3 is 35.7 Å². The number of amides is 1. The fourth-order valence-electron chi connectivity index (χ4n) is 4.56. The first-order chi connectivity index (χ1) is 13.4. The first-order valence-electron chi connectivity index (χ1n) is 10.7. The number of nitrogens with zero attached hydrogens (tertiary/aromatic N) is 1. The van der Waals surface area contributed by atoms with Crippen LogP contribution >= 0.6 is 0 Å². The minimum Gasteiger partial charge on any atom is -0.395 e. The zero-order valence-electron chi connectivity index (χ0n) is 16.9. The average molecular weight is 403 g/mol. The van der Waals surface area contributed by atoms with Gasteiger partial charge in [0.1, 0.15) is 6.10 Å². The summed E-state index contributed by atoms with van der Waals surface area (Å²) in [5.41, 5.74) is 0. The largest absolute Gasteiger partial charge is 0.395 e. The van der Waals surface area contributed by atoms with E-state index in [4.69, 9.17) is 5.11 Å². The molecule has 2 heterocycles. The van der Waals surface area contributed by atoms with E-state index in [-0.39, 0.29) is 24.6 Å². The molecule has 2 rings (SSSR count). The van der Waals surface area contributed by atoms with Crippen LogP contribution in [-0.2, 0) is 4.79 Å². The van der Waals surface area contributed by atoms with Crippen molar-refractivity contribution < 1.29 is 30.3 Å². The molecule has 0 aromatic heterocycles. The molecule has 0 aliphatic carbocycles. The third-order valence-electron chi connectivity index (χ3n) is 6.31. The second kappa shape index (κ2) is 11.4. The lowest BCUT2D eigenvalue weighted by Gasteiger charge is -2.39. The monoisotopic (exact) mass is 402 g/mol. The Bertz CT molecular complexity index is 480. The number of nitrogens with one attached hydrogen (secondary N) is 1. The maximum atomic E-state index is 11.7. The lowest BCUT2D eigenvalue weighted by atomic mass is 9.92. The van der Waals surface area contributed by atoms with Crippen molar-refractivity contribution in [1.82, 2.24) is 10.2 Å². The number of likely N-dealkylation sites (tertiary alicyclic amines) is 1. The number of carbonyl (C=O) groups excluding carboxylic acids is 1. The molecule has 1 amide bonds. The van der Waals surface area contributed by atoms with Crippen molar-refractivity contribution in [2.45, 2.75) is 107 Å². The summed E-state index contributed by atoms with van der Waals surface area (Å²) in [6, 6.07) is -0.962. The van der Waals surface area contributed by atoms with Crippen LogP contribution in [0.5, 0.6) is 0 Å². The maximum Gasteiger partial charge on any atom is 0.219 e. The second-order valence-electron chi connectivity index (χ2n) is 8.37. The zero-order chi connectivity index (χ0) is 20.7. The molecule has 0 unspecified atom stereocenters. The average Bonchev–Trinajstić information content (AvgIpc) is 2.97. The van der Waals surface area contributed by atoms with Crippen molar-refractivity contribution in [3.05, 3.63) is 0 Å². The molecule has 0 aromatic rings. The Kier molecular flexibility index (Phi) is 9.59. The van der Waals surface area contributed by atoms with E-state index in [1.165, 1.54) is 6.92 Å². The smallest absolute Gasteiger partial charge is 0.219 e. The van der Waals surface area contributed by atoms with Gasteiger partial charge in [0, 0.05) is 19.5 Å². The summed E-state index contributed by atoms with van der Waals surface area (Å²) in [6.45, 7) is 1.96. The number of hydrogen-bond donors (Lipinski definition) is 6. The zero-order valence-corrected chi connectivity index (χ0v) is 16.9. The molecule has 0 saturated carbocycles. The van der Waals surface area contributed by atoms with Gasteiger partial charge in [-0.2, -0.15) is 0 Å². The third kappa shape index (κ3) is 6.11. The minimum absolute atomic E-state index is 0.0489. The molecule has 28 heavy (non-hydrogen) atoms. The summed E-state index contributed by atoms with van der Waals surface area (Å²) in [7, 11) is 0. The van der Waals surface area contributed by atoms with Crippen LogP contribution in [0.4, 0.5) is 0 Å². The Morgan fingerprint density at radius 1 is 1.07 bits per heavy atom. The van der Waals surface area contributed by atoms with Crippen LogP contribution in [0.1, 0.15) is 64.7 Å². The highest BCUT2D eigenvalue weighted by molar-refractivity contribution is 5.73. The van der Waals surface area contributed by atoms with E-state index in [1.54, 1.807) is 4.90 Å². The van der Waals surface area contributed by atoms with E-state index < -0.39 is 30.5 Å². The van der Waals surface area contributed by atoms with Gasteiger partial charge in [-0.1, -0.05) is 25.7 Å². The molecule has 8 heteroatoms. The molecule has 164 valence electrons. The third-order valence-corrected chi connectivity index (χ3v) is 6.31. The van der Waals surface area contributed by atoms with E-state index in [2.05, 4.69) is 5.32 Å². The number of hydrogen-bond acceptors (Lipinski definition) is 7. The molecule has 0 aromatic carbocycles. The fourth-order valence-corrected chi connectivity index (χ4v) is 4.56. The summed E-state index contributed by atoms with van der Waals surface area (Å²) in [6.07, 6.45) is 3.83. The van der Waals surface area contributed by atoms with Crippen LogP contribution < -0.4 is 5.32 Å². The predicted octanol–water partition coefficient (Wildman–Crippen LogP) is -0.496. The van der Waals surface area contributed by atoms with Gasteiger partial charge in [-0.3, -0.25) is 4.79 Å². The quantitative estimate of drug-likeness (QED) is 0.272. The highest BCUT2D eigenvalue weighted by Gasteiger charge is 2.39. The molecule has 6 N–H and O–H groups in total. The second-order valence-corrected chi connectivity index (χ2v) is 8.37. The standard InChI is InChI=1S/C20H38N2O6/c1-13(24)22-11-7-6-9-16(22)20(28)17(25)10-5-3-2-4-8-14-18(26)19(27)15(12-23)21-14/h14-21,23,25-28H,2-12H2,1H3/t14-,15-,16-,17+,18-,19-,20+/m1/s1. The number of aliphatic hydroxyl groups is 5. The van der Waals surface area contributed by atoms with Crippen molar-refractivity contribution >= 4 is 5.91 Å². The maximum absolute atomic E-state index is 11.7. The molecule has 8 nitrogen and oxygen atoms in total. The Morgan fingerprint density at radius 2 is 1.75 bits per heavy atom. The molecular weight excluding hydrogens is 364 g/mol. The first kappa shape index (κ1) is 23.5. The van der Waals surface area contributed by atoms with Gasteiger partial charge in [0.15, 0.2) is 0 Å². The van der Waals surface area contributed by atoms with E-state index in [0.29, 0.717) is 13.0 Å². The molecule has 7 atom stereocenters. The predicted molar refractivity (Wildman–Crippen MR) is 105 cm³/mol. The van der Waals surface area contributed by atoms with Gasteiger partial charge in [-0.25, -0.2) is 0 Å². The van der Waals surface area contributed by atoms with Crippen LogP contribution in [0.25, 0.3) is 0 Å². The van der Waals surface area contributed by atoms with Gasteiger partial charge in [-0.15, -0.1) is 0 Å². The lowest BCUT2D eigenvalue weighted by Crippen LogP contribution is -2.52. The molecule has 2 aliphatic rings. The molecule has 2 aliphatic heterocycles. The molecule has 2 fully saturated rings. The molecule has 2 saturated heterocycles. The lowest BCUT2D eigenvalue weighted by molar-refractivity contribution is -0.138. The molecular formula is C20H38N2O6. The summed E-state index contributed by atoms with van der Waals surface area (Å²) >= 11 is 0. The van der Waals surface area contributed by atoms with Gasteiger partial charge in [0.05, 0.1) is 37.0 Å². The molecule has 0 spiro atoms. The van der Waals surface area contributed by atoms with Gasteiger partial charge >= 0.3 is 0 Å². The Labute approximate surface area is 167 Å². The van der Waals surface area contributed by atoms with E-state index >= 15 is 0 Å². The van der Waals surface area contributed by atoms with Gasteiger partial charge in [0.2, 0.25) is 5.91 Å². The fraction of sp³-hybridized carbons (Fsp3) is 0.950. The molecule has 0 bridgehead atoms. The normalized spacial score (nSPS) is 33.1. The van der Waals surface area contributed by atoms with Crippen LogP contribution in [0.3, 0.4) is 0 Å². The number of carbonyl (C=O) groups is 1. The summed E-state index contributed by atoms with van der Waals surface area (Å²) in [5, 5.41) is 52.8. The number of aliphatic hydroxyl groups excluding tert-OH is 5. The van der Waals surface area contributed by atoms with E-state index in [0.717, 1.165) is 51.4 Å². The van der Waals surface area contributed by atoms with Crippen molar-refractivity contribution in [3.8, 4) is 0 Å². The number of unbranched alkanes of at least 4 members (excludes halogenated alkanes) is 3. The Morgan fingerprint density at radius 3 is 2.39 bits per heavy atom. The van der Waals surface area contributed by atoms with Crippen LogP contribution in [-0.4, -0.2) is 92.0 Å². The Balaban J connectivity index is 1.62. The minimum atomic E-state index is -0.930. The summed E-state index contributed by atoms with van der Waals surface area (Å²) in [5.74, 6) is -0.0489. The topological polar surface area (TPSA) is 133 Å². The van der Waals surface area contributed by atoms with Crippen molar-refractivity contribution in [3.63, 3.8) is 0 Å². The summed E-state index contributed by atoms with van der Waals surface area (Å²) < 4.78 is 0. The van der Waals surface area contributed by atoms with Crippen molar-refractivity contribution in [2.24, 2.45) is 0 Å². The summed E-state index contributed by atoms with van der Waals surface area (Å²) in [4.78, 5) is 13.4. The molecule has 0 radical (unpaired) electrons. The highest BCUT2D eigenvalue weighted by atomic mass is 16.3. The van der Waals surface area contributed by atoms with Crippen LogP contribution in [0.15, 0.2) is 0 Å². The van der Waals surface area contributed by atoms with Crippen molar-refractivity contribution in [2.75, 3.05) is 13.2 Å². The SMILES string of the molecule is CC(=O)N1CCCC[C@@H]1[C@H](O)[C@@H](O)CCCCCC[C@H]1N[C@H](CO)[C@@H](O)[C@@H]1O. The Hall–Kier alpha value is -0.770. The number of piperidine rings is 1.